The highest BCUT2D eigenvalue weighted by Crippen LogP contribution is 2.31. The highest BCUT2D eigenvalue weighted by Gasteiger charge is 2.19. The van der Waals surface area contributed by atoms with Gasteiger partial charge in [-0.3, -0.25) is 0 Å². The smallest absolute Gasteiger partial charge is 0.124 e. The van der Waals surface area contributed by atoms with Gasteiger partial charge in [0.1, 0.15) is 11.9 Å². The van der Waals surface area contributed by atoms with Gasteiger partial charge in [-0.15, -0.1) is 12.4 Å². The van der Waals surface area contributed by atoms with Crippen LogP contribution in [0, 0.1) is 0 Å². The van der Waals surface area contributed by atoms with Crippen molar-refractivity contribution in [2.24, 2.45) is 0 Å². The molecule has 1 atom stereocenters. The number of fused-ring (bicyclic) bond motifs is 2. The van der Waals surface area contributed by atoms with Gasteiger partial charge >= 0.3 is 0 Å². The maximum atomic E-state index is 6.11. The summed E-state index contributed by atoms with van der Waals surface area (Å²) >= 11 is 0. The predicted octanol–water partition coefficient (Wildman–Crippen LogP) is 3.25. The standard InChI is InChI=1S/C15H21NO.ClH/c1-2-14-10-16-9-13-7-11-5-3-4-6-12(11)8-15(13)17-14;/h7-8,14,16H,2-6,9-10H2,1H3;1H/t14-;/m1./s1. The van der Waals surface area contributed by atoms with Crippen molar-refractivity contribution in [3.05, 3.63) is 28.8 Å². The molecule has 0 unspecified atom stereocenters. The van der Waals surface area contributed by atoms with Crippen LogP contribution in [0.4, 0.5) is 0 Å². The van der Waals surface area contributed by atoms with Crippen LogP contribution < -0.4 is 10.1 Å². The number of rotatable bonds is 1. The molecule has 0 saturated heterocycles. The maximum absolute atomic E-state index is 6.11. The van der Waals surface area contributed by atoms with E-state index in [4.69, 9.17) is 4.74 Å². The van der Waals surface area contributed by atoms with E-state index in [0.29, 0.717) is 6.10 Å². The molecule has 3 heteroatoms. The van der Waals surface area contributed by atoms with Crippen molar-refractivity contribution in [3.8, 4) is 5.75 Å². The first-order chi connectivity index (χ1) is 8.36. The fourth-order valence-corrected chi connectivity index (χ4v) is 2.88. The summed E-state index contributed by atoms with van der Waals surface area (Å²) in [5.41, 5.74) is 4.42. The van der Waals surface area contributed by atoms with Crippen molar-refractivity contribution in [1.29, 1.82) is 0 Å². The number of benzene rings is 1. The van der Waals surface area contributed by atoms with Crippen LogP contribution in [0.1, 0.15) is 42.9 Å². The average Bonchev–Trinajstić information content (AvgIpc) is 2.57. The molecular formula is C15H22ClNO. The Morgan fingerprint density at radius 2 is 1.89 bits per heavy atom. The quantitative estimate of drug-likeness (QED) is 0.843. The van der Waals surface area contributed by atoms with Crippen LogP contribution in [-0.2, 0) is 19.4 Å². The Balaban J connectivity index is 0.00000120. The molecule has 1 aromatic carbocycles. The highest BCUT2D eigenvalue weighted by atomic mass is 35.5. The SMILES string of the molecule is CC[C@@H]1CNCc2cc3c(cc2O1)CCCC3.Cl. The number of aryl methyl sites for hydroxylation is 2. The molecule has 0 spiro atoms. The van der Waals surface area contributed by atoms with Crippen LogP contribution >= 0.6 is 12.4 Å². The number of hydrogen-bond acceptors (Lipinski definition) is 2. The fraction of sp³-hybridized carbons (Fsp3) is 0.600. The Labute approximate surface area is 116 Å². The van der Waals surface area contributed by atoms with E-state index >= 15 is 0 Å². The molecule has 1 aliphatic heterocycles. The minimum atomic E-state index is 0. The summed E-state index contributed by atoms with van der Waals surface area (Å²) in [6, 6.07) is 4.67. The van der Waals surface area contributed by atoms with Gasteiger partial charge in [-0.2, -0.15) is 0 Å². The molecule has 1 aromatic rings. The van der Waals surface area contributed by atoms with Crippen LogP contribution in [0.15, 0.2) is 12.1 Å². The van der Waals surface area contributed by atoms with Gasteiger partial charge in [0.25, 0.3) is 0 Å². The first-order valence-electron chi connectivity index (χ1n) is 6.89. The van der Waals surface area contributed by atoms with Crippen LogP contribution in [0.25, 0.3) is 0 Å². The van der Waals surface area contributed by atoms with E-state index in [-0.39, 0.29) is 12.4 Å². The third-order valence-corrected chi connectivity index (χ3v) is 3.96. The molecule has 2 aliphatic rings. The molecule has 0 radical (unpaired) electrons. The monoisotopic (exact) mass is 267 g/mol. The molecule has 0 fully saturated rings. The minimum Gasteiger partial charge on any atom is -0.489 e. The number of hydrogen-bond donors (Lipinski definition) is 1. The lowest BCUT2D eigenvalue weighted by atomic mass is 9.90. The van der Waals surface area contributed by atoms with Crippen molar-refractivity contribution in [2.75, 3.05) is 6.54 Å². The lowest BCUT2D eigenvalue weighted by Crippen LogP contribution is -2.27. The van der Waals surface area contributed by atoms with Crippen molar-refractivity contribution >= 4 is 12.4 Å². The normalized spacial score (nSPS) is 21.9. The summed E-state index contributed by atoms with van der Waals surface area (Å²) in [7, 11) is 0. The van der Waals surface area contributed by atoms with Crippen molar-refractivity contribution in [2.45, 2.75) is 51.7 Å². The number of ether oxygens (including phenoxy) is 1. The van der Waals surface area contributed by atoms with Gasteiger partial charge < -0.3 is 10.1 Å². The molecule has 3 rings (SSSR count). The van der Waals surface area contributed by atoms with E-state index < -0.39 is 0 Å². The third kappa shape index (κ3) is 2.65. The summed E-state index contributed by atoms with van der Waals surface area (Å²) in [6.45, 7) is 4.12. The lowest BCUT2D eigenvalue weighted by Gasteiger charge is -2.20. The van der Waals surface area contributed by atoms with Crippen molar-refractivity contribution in [1.82, 2.24) is 5.32 Å². The first kappa shape index (κ1) is 13.7. The van der Waals surface area contributed by atoms with Gasteiger partial charge in [0.15, 0.2) is 0 Å². The van der Waals surface area contributed by atoms with Gasteiger partial charge in [-0.25, -0.2) is 0 Å². The Bertz CT molecular complexity index is 419. The molecule has 18 heavy (non-hydrogen) atoms. The molecule has 0 amide bonds. The summed E-state index contributed by atoms with van der Waals surface area (Å²) in [4.78, 5) is 0. The van der Waals surface area contributed by atoms with Gasteiger partial charge in [-0.05, 0) is 49.3 Å². The number of halogens is 1. The van der Waals surface area contributed by atoms with Gasteiger partial charge in [0.2, 0.25) is 0 Å². The molecule has 1 aliphatic carbocycles. The topological polar surface area (TPSA) is 21.3 Å². The van der Waals surface area contributed by atoms with Crippen LogP contribution in [0.5, 0.6) is 5.75 Å². The van der Waals surface area contributed by atoms with Gasteiger partial charge in [0, 0.05) is 18.7 Å². The Kier molecular flexibility index (Phi) is 4.52. The van der Waals surface area contributed by atoms with Crippen LogP contribution in [0.2, 0.25) is 0 Å². The summed E-state index contributed by atoms with van der Waals surface area (Å²) in [5.74, 6) is 1.13. The second-order valence-corrected chi connectivity index (χ2v) is 5.21. The van der Waals surface area contributed by atoms with E-state index in [2.05, 4.69) is 24.4 Å². The molecular weight excluding hydrogens is 246 g/mol. The third-order valence-electron chi connectivity index (χ3n) is 3.96. The molecule has 1 heterocycles. The van der Waals surface area contributed by atoms with Crippen LogP contribution in [0.3, 0.4) is 0 Å². The average molecular weight is 268 g/mol. The van der Waals surface area contributed by atoms with E-state index in [1.54, 1.807) is 5.56 Å². The molecule has 100 valence electrons. The first-order valence-corrected chi connectivity index (χ1v) is 6.89. The second kappa shape index (κ2) is 5.94. The zero-order valence-electron chi connectivity index (χ0n) is 11.0. The van der Waals surface area contributed by atoms with Crippen LogP contribution in [-0.4, -0.2) is 12.6 Å². The summed E-state index contributed by atoms with van der Waals surface area (Å²) in [5, 5.41) is 3.49. The summed E-state index contributed by atoms with van der Waals surface area (Å²) in [6.07, 6.45) is 6.57. The number of nitrogens with one attached hydrogen (secondary N) is 1. The molecule has 0 bridgehead atoms. The van der Waals surface area contributed by atoms with Crippen molar-refractivity contribution < 1.29 is 4.74 Å². The molecule has 0 aromatic heterocycles. The minimum absolute atomic E-state index is 0. The Morgan fingerprint density at radius 3 is 2.61 bits per heavy atom. The maximum Gasteiger partial charge on any atom is 0.124 e. The fourth-order valence-electron chi connectivity index (χ4n) is 2.88. The van der Waals surface area contributed by atoms with E-state index in [9.17, 15) is 0 Å². The molecule has 2 nitrogen and oxygen atoms in total. The molecule has 1 N–H and O–H groups in total. The largest absolute Gasteiger partial charge is 0.489 e. The predicted molar refractivity (Wildman–Crippen MR) is 76.7 cm³/mol. The van der Waals surface area contributed by atoms with E-state index in [1.807, 2.05) is 0 Å². The van der Waals surface area contributed by atoms with Crippen molar-refractivity contribution in [3.63, 3.8) is 0 Å². The Morgan fingerprint density at radius 1 is 1.17 bits per heavy atom. The highest BCUT2D eigenvalue weighted by molar-refractivity contribution is 5.85. The molecule has 0 saturated carbocycles. The van der Waals surface area contributed by atoms with E-state index in [1.165, 1.54) is 36.8 Å². The zero-order valence-corrected chi connectivity index (χ0v) is 11.8. The zero-order chi connectivity index (χ0) is 11.7. The van der Waals surface area contributed by atoms with Gasteiger partial charge in [-0.1, -0.05) is 13.0 Å². The summed E-state index contributed by atoms with van der Waals surface area (Å²) < 4.78 is 6.11. The second-order valence-electron chi connectivity index (χ2n) is 5.21. The Hall–Kier alpha value is -0.730. The lowest BCUT2D eigenvalue weighted by molar-refractivity contribution is 0.201. The van der Waals surface area contributed by atoms with Gasteiger partial charge in [0.05, 0.1) is 0 Å². The van der Waals surface area contributed by atoms with E-state index in [0.717, 1.165) is 25.3 Å².